The quantitative estimate of drug-likeness (QED) is 0.0734. The molecule has 0 radical (unpaired) electrons. The maximum atomic E-state index is 13.8. The molecule has 6 atom stereocenters. The summed E-state index contributed by atoms with van der Waals surface area (Å²) in [5.41, 5.74) is -1.37. The molecule has 2 heterocycles. The molecule has 46 heavy (non-hydrogen) atoms. The van der Waals surface area contributed by atoms with Crippen molar-refractivity contribution in [1.82, 2.24) is 0 Å². The predicted octanol–water partition coefficient (Wildman–Crippen LogP) is 0.826. The van der Waals surface area contributed by atoms with Crippen LogP contribution in [0.15, 0.2) is 63.8 Å². The van der Waals surface area contributed by atoms with E-state index >= 15 is 0 Å². The Hall–Kier alpha value is -5.32. The van der Waals surface area contributed by atoms with Crippen LogP contribution < -0.4 is 14.9 Å². The largest absolute Gasteiger partial charge is 0.508 e. The highest BCUT2D eigenvalue weighted by atomic mass is 16.7. The Morgan fingerprint density at radius 1 is 0.891 bits per heavy atom. The Bertz CT molecular complexity index is 1860. The third-order valence-electron chi connectivity index (χ3n) is 7.28. The molecule has 9 N–H and O–H groups in total. The fourth-order valence-electron chi connectivity index (χ4n) is 4.78. The highest BCUT2D eigenvalue weighted by Crippen LogP contribution is 2.44. The van der Waals surface area contributed by atoms with Gasteiger partial charge in [0.05, 0.1) is 7.11 Å². The molecule has 0 bridgehead atoms. The number of carbonyl (C=O) groups is 1. The lowest BCUT2D eigenvalue weighted by Gasteiger charge is -2.41. The number of carbonyl (C=O) groups excluding carboxylic acids is 1. The topological polar surface area (TPSA) is 257 Å². The van der Waals surface area contributed by atoms with Crippen LogP contribution in [0.1, 0.15) is 5.56 Å². The zero-order valence-electron chi connectivity index (χ0n) is 23.7. The standard InChI is InChI=1S/C31H28O15/c1-43-19-11-18(36)20-23(39)30(27(44-28(20)22(19)38)13-5-9-15(33)17(35)10-13)46-31-26(42)24(40)25(41)29(45-31)21(37)16(34)8-4-12-2-6-14(32)7-3-12/h2-11,21,24-26,29,31-33,35-38,40-42H,1H3/b8-4+/t21?,24-,25-,26+,29+,31-/m0/s1. The van der Waals surface area contributed by atoms with Gasteiger partial charge >= 0.3 is 0 Å². The van der Waals surface area contributed by atoms with Crippen LogP contribution in [0, 0.1) is 0 Å². The van der Waals surface area contributed by atoms with Gasteiger partial charge in [-0.3, -0.25) is 9.59 Å². The van der Waals surface area contributed by atoms with Crippen LogP contribution in [0.4, 0.5) is 0 Å². The number of aliphatic hydroxyl groups is 4. The van der Waals surface area contributed by atoms with Crippen molar-refractivity contribution in [3.8, 4) is 51.6 Å². The second kappa shape index (κ2) is 12.6. The molecule has 15 nitrogen and oxygen atoms in total. The van der Waals surface area contributed by atoms with Crippen molar-refractivity contribution in [3.05, 3.63) is 70.4 Å². The van der Waals surface area contributed by atoms with Gasteiger partial charge in [0.2, 0.25) is 23.2 Å². The van der Waals surface area contributed by atoms with Gasteiger partial charge in [-0.1, -0.05) is 18.2 Å². The van der Waals surface area contributed by atoms with Crippen molar-refractivity contribution in [2.24, 2.45) is 0 Å². The predicted molar refractivity (Wildman–Crippen MR) is 157 cm³/mol. The van der Waals surface area contributed by atoms with E-state index in [2.05, 4.69) is 0 Å². The third-order valence-corrected chi connectivity index (χ3v) is 7.28. The number of aromatic hydroxyl groups is 5. The van der Waals surface area contributed by atoms with E-state index in [9.17, 15) is 55.5 Å². The Balaban J connectivity index is 1.55. The number of ether oxygens (including phenoxy) is 3. The van der Waals surface area contributed by atoms with Gasteiger partial charge in [-0.2, -0.15) is 0 Å². The van der Waals surface area contributed by atoms with E-state index in [1.807, 2.05) is 0 Å². The highest BCUT2D eigenvalue weighted by Gasteiger charge is 2.49. The minimum Gasteiger partial charge on any atom is -0.508 e. The lowest BCUT2D eigenvalue weighted by Crippen LogP contribution is -2.63. The van der Waals surface area contributed by atoms with Gasteiger partial charge in [0.25, 0.3) is 0 Å². The first-order valence-corrected chi connectivity index (χ1v) is 13.5. The van der Waals surface area contributed by atoms with E-state index in [1.165, 1.54) is 43.5 Å². The number of rotatable bonds is 8. The van der Waals surface area contributed by atoms with E-state index in [-0.39, 0.29) is 17.1 Å². The van der Waals surface area contributed by atoms with Crippen LogP contribution in [-0.2, 0) is 9.53 Å². The fourth-order valence-corrected chi connectivity index (χ4v) is 4.78. The van der Waals surface area contributed by atoms with Crippen LogP contribution in [-0.4, -0.2) is 95.7 Å². The van der Waals surface area contributed by atoms with Crippen LogP contribution in [0.2, 0.25) is 0 Å². The first-order chi connectivity index (χ1) is 21.8. The number of methoxy groups -OCH3 is 1. The van der Waals surface area contributed by atoms with E-state index < -0.39 is 93.5 Å². The number of aliphatic hydroxyl groups excluding tert-OH is 4. The zero-order valence-corrected chi connectivity index (χ0v) is 23.7. The monoisotopic (exact) mass is 640 g/mol. The van der Waals surface area contributed by atoms with Crippen molar-refractivity contribution >= 4 is 22.8 Å². The number of benzene rings is 3. The van der Waals surface area contributed by atoms with Crippen molar-refractivity contribution in [3.63, 3.8) is 0 Å². The molecular formula is C31H28O15. The van der Waals surface area contributed by atoms with Crippen LogP contribution in [0.3, 0.4) is 0 Å². The maximum absolute atomic E-state index is 13.8. The smallest absolute Gasteiger partial charge is 0.239 e. The molecule has 0 spiro atoms. The summed E-state index contributed by atoms with van der Waals surface area (Å²) in [6, 6.07) is 9.80. The summed E-state index contributed by atoms with van der Waals surface area (Å²) in [5.74, 6) is -5.22. The molecule has 1 aliphatic heterocycles. The molecule has 5 rings (SSSR count). The summed E-state index contributed by atoms with van der Waals surface area (Å²) in [6.07, 6.45) is -10.0. The first-order valence-electron chi connectivity index (χ1n) is 13.5. The summed E-state index contributed by atoms with van der Waals surface area (Å²) < 4.78 is 21.9. The SMILES string of the molecule is COc1cc(O)c2c(=O)c(O[C@@H]3O[C@H](C(O)C(=O)/C=C/c4ccc(O)cc4)[C@@H](O)[C@H](O)[C@H]3O)c(-c3ccc(O)c(O)c3)oc2c1O. The van der Waals surface area contributed by atoms with E-state index in [1.54, 1.807) is 0 Å². The van der Waals surface area contributed by atoms with Gasteiger partial charge in [0.15, 0.2) is 34.4 Å². The van der Waals surface area contributed by atoms with E-state index in [0.717, 1.165) is 24.3 Å². The number of hydrogen-bond acceptors (Lipinski definition) is 15. The normalized spacial score (nSPS) is 22.2. The number of ketones is 1. The number of phenolic OH excluding ortho intramolecular Hbond substituents is 5. The number of fused-ring (bicyclic) bond motifs is 1. The third kappa shape index (κ3) is 5.88. The van der Waals surface area contributed by atoms with Gasteiger partial charge in [-0.15, -0.1) is 0 Å². The molecule has 4 aromatic rings. The summed E-state index contributed by atoms with van der Waals surface area (Å²) in [4.78, 5) is 26.5. The average Bonchev–Trinajstić information content (AvgIpc) is 3.04. The summed E-state index contributed by atoms with van der Waals surface area (Å²) in [6.45, 7) is 0. The lowest BCUT2D eigenvalue weighted by molar-refractivity contribution is -0.285. The lowest BCUT2D eigenvalue weighted by atomic mass is 9.93. The molecule has 1 unspecified atom stereocenters. The Kier molecular flexibility index (Phi) is 8.78. The van der Waals surface area contributed by atoms with Crippen LogP contribution in [0.5, 0.6) is 40.2 Å². The highest BCUT2D eigenvalue weighted by molar-refractivity contribution is 5.97. The van der Waals surface area contributed by atoms with Gasteiger partial charge in [0, 0.05) is 11.6 Å². The Morgan fingerprint density at radius 3 is 2.24 bits per heavy atom. The molecule has 1 saturated heterocycles. The molecule has 3 aromatic carbocycles. The summed E-state index contributed by atoms with van der Waals surface area (Å²) >= 11 is 0. The molecule has 1 fully saturated rings. The molecule has 1 aromatic heterocycles. The summed E-state index contributed by atoms with van der Waals surface area (Å²) in [5, 5.41) is 92.6. The van der Waals surface area contributed by atoms with Crippen molar-refractivity contribution in [2.45, 2.75) is 36.8 Å². The fraction of sp³-hybridized carbons (Fsp3) is 0.226. The maximum Gasteiger partial charge on any atom is 0.239 e. The minimum absolute atomic E-state index is 0.0154. The molecule has 15 heteroatoms. The number of hydrogen-bond donors (Lipinski definition) is 9. The minimum atomic E-state index is -2.12. The Labute approximate surface area is 258 Å². The molecule has 0 aliphatic carbocycles. The average molecular weight is 641 g/mol. The van der Waals surface area contributed by atoms with Gasteiger partial charge < -0.3 is 64.6 Å². The van der Waals surface area contributed by atoms with Crippen molar-refractivity contribution < 1.29 is 69.4 Å². The first kappa shape index (κ1) is 32.1. The molecule has 0 amide bonds. The molecular weight excluding hydrogens is 612 g/mol. The van der Waals surface area contributed by atoms with Gasteiger partial charge in [0.1, 0.15) is 47.4 Å². The second-order valence-electron chi connectivity index (χ2n) is 10.3. The van der Waals surface area contributed by atoms with Crippen molar-refractivity contribution in [1.29, 1.82) is 0 Å². The van der Waals surface area contributed by atoms with Crippen LogP contribution in [0.25, 0.3) is 28.4 Å². The Morgan fingerprint density at radius 2 is 1.59 bits per heavy atom. The second-order valence-corrected chi connectivity index (χ2v) is 10.3. The number of phenols is 5. The van der Waals surface area contributed by atoms with E-state index in [4.69, 9.17) is 18.6 Å². The van der Waals surface area contributed by atoms with Gasteiger partial charge in [-0.05, 0) is 42.0 Å². The molecule has 242 valence electrons. The summed E-state index contributed by atoms with van der Waals surface area (Å²) in [7, 11) is 1.18. The zero-order chi connectivity index (χ0) is 33.4. The molecule has 0 saturated carbocycles. The van der Waals surface area contributed by atoms with Crippen LogP contribution >= 0.6 is 0 Å². The van der Waals surface area contributed by atoms with E-state index in [0.29, 0.717) is 5.56 Å². The van der Waals surface area contributed by atoms with Crippen molar-refractivity contribution in [2.75, 3.05) is 7.11 Å². The molecule has 1 aliphatic rings. The van der Waals surface area contributed by atoms with Gasteiger partial charge in [-0.25, -0.2) is 0 Å².